The molecule has 2 N–H and O–H groups in total. The van der Waals surface area contributed by atoms with E-state index in [1.807, 2.05) is 0 Å². The molecule has 0 bridgehead atoms. The highest BCUT2D eigenvalue weighted by Crippen LogP contribution is 2.40. The summed E-state index contributed by atoms with van der Waals surface area (Å²) in [6.45, 7) is 2.16. The van der Waals surface area contributed by atoms with Crippen LogP contribution >= 0.6 is 11.8 Å². The number of rotatable bonds is 5. The molecule has 1 fully saturated rings. The molecule has 0 radical (unpaired) electrons. The minimum atomic E-state index is -0.738. The Morgan fingerprint density at radius 2 is 2.30 bits per heavy atom. The molecule has 1 heterocycles. The lowest BCUT2D eigenvalue weighted by molar-refractivity contribution is -0.142. The van der Waals surface area contributed by atoms with Crippen molar-refractivity contribution in [2.45, 2.75) is 49.4 Å². The fourth-order valence-corrected chi connectivity index (χ4v) is 4.26. The van der Waals surface area contributed by atoms with Gasteiger partial charge in [0.25, 0.3) is 0 Å². The van der Waals surface area contributed by atoms with Gasteiger partial charge < -0.3 is 5.11 Å². The Kier molecular flexibility index (Phi) is 4.91. The number of nitrogens with one attached hydrogen (secondary N) is 1. The van der Waals surface area contributed by atoms with Crippen molar-refractivity contribution < 1.29 is 9.90 Å². The van der Waals surface area contributed by atoms with Crippen LogP contribution in [0.4, 0.5) is 0 Å². The van der Waals surface area contributed by atoms with Crippen molar-refractivity contribution in [1.29, 1.82) is 0 Å². The van der Waals surface area contributed by atoms with Gasteiger partial charge in [0.1, 0.15) is 0 Å². The third kappa shape index (κ3) is 3.26. The highest BCUT2D eigenvalue weighted by Gasteiger charge is 2.36. The van der Waals surface area contributed by atoms with Crippen LogP contribution in [0, 0.1) is 11.8 Å². The number of hydrogen-bond donors (Lipinski definition) is 2. The second kappa shape index (κ2) is 6.47. The number of hydrogen-bond acceptors (Lipinski definition) is 4. The van der Waals surface area contributed by atoms with Gasteiger partial charge in [-0.25, -0.2) is 9.89 Å². The molecule has 3 unspecified atom stereocenters. The van der Waals surface area contributed by atoms with Crippen LogP contribution in [-0.2, 0) is 11.8 Å². The van der Waals surface area contributed by atoms with Crippen LogP contribution < -0.4 is 5.69 Å². The van der Waals surface area contributed by atoms with Crippen LogP contribution in [0.2, 0.25) is 0 Å². The predicted molar refractivity (Wildman–Crippen MR) is 76.8 cm³/mol. The molecular formula is C13H21N3O3S. The molecule has 0 spiro atoms. The highest BCUT2D eigenvalue weighted by atomic mass is 32.2. The van der Waals surface area contributed by atoms with Gasteiger partial charge in [0.2, 0.25) is 0 Å². The van der Waals surface area contributed by atoms with Crippen molar-refractivity contribution in [3.63, 3.8) is 0 Å². The Bertz CT molecular complexity index is 525. The summed E-state index contributed by atoms with van der Waals surface area (Å²) in [4.78, 5) is 22.8. The fourth-order valence-electron chi connectivity index (χ4n) is 2.87. The summed E-state index contributed by atoms with van der Waals surface area (Å²) in [6.07, 6.45) is 4.86. The normalized spacial score (nSPS) is 26.6. The maximum Gasteiger partial charge on any atom is 0.343 e. The quantitative estimate of drug-likeness (QED) is 0.866. The molecule has 20 heavy (non-hydrogen) atoms. The summed E-state index contributed by atoms with van der Waals surface area (Å²) in [5.74, 6) is -0.498. The van der Waals surface area contributed by atoms with Gasteiger partial charge in [0.05, 0.1) is 5.92 Å². The first-order valence-electron chi connectivity index (χ1n) is 7.03. The fraction of sp³-hybridized carbons (Fsp3) is 0.769. The van der Waals surface area contributed by atoms with Crippen LogP contribution in [0.15, 0.2) is 9.95 Å². The van der Waals surface area contributed by atoms with Crippen LogP contribution in [0.1, 0.15) is 39.0 Å². The van der Waals surface area contributed by atoms with Gasteiger partial charge in [-0.1, -0.05) is 31.5 Å². The number of H-pyrrole nitrogens is 1. The van der Waals surface area contributed by atoms with Gasteiger partial charge in [-0.15, -0.1) is 5.10 Å². The molecule has 0 aromatic carbocycles. The van der Waals surface area contributed by atoms with Gasteiger partial charge >= 0.3 is 11.7 Å². The summed E-state index contributed by atoms with van der Waals surface area (Å²) >= 11 is 1.42. The Labute approximate surface area is 122 Å². The molecule has 0 saturated heterocycles. The molecule has 0 aliphatic heterocycles. The Morgan fingerprint density at radius 1 is 1.55 bits per heavy atom. The standard InChI is InChI=1S/C13H21N3O3S/c1-3-4-8-5-6-9(11(17)18)10(7-8)20-13-15-14-12(19)16(13)2/h8-10H,3-7H2,1-2H3,(H,14,19)(H,17,18). The van der Waals surface area contributed by atoms with Gasteiger partial charge in [-0.05, 0) is 25.2 Å². The van der Waals surface area contributed by atoms with Crippen molar-refractivity contribution in [2.24, 2.45) is 18.9 Å². The van der Waals surface area contributed by atoms with E-state index >= 15 is 0 Å². The van der Waals surface area contributed by atoms with Crippen molar-refractivity contribution in [1.82, 2.24) is 14.8 Å². The van der Waals surface area contributed by atoms with E-state index in [0.717, 1.165) is 32.1 Å². The zero-order valence-electron chi connectivity index (χ0n) is 11.8. The molecule has 1 saturated carbocycles. The summed E-state index contributed by atoms with van der Waals surface area (Å²) < 4.78 is 1.44. The highest BCUT2D eigenvalue weighted by molar-refractivity contribution is 7.99. The monoisotopic (exact) mass is 299 g/mol. The largest absolute Gasteiger partial charge is 0.481 e. The summed E-state index contributed by atoms with van der Waals surface area (Å²) in [5, 5.41) is 16.3. The minimum Gasteiger partial charge on any atom is -0.481 e. The predicted octanol–water partition coefficient (Wildman–Crippen LogP) is 1.87. The lowest BCUT2D eigenvalue weighted by Gasteiger charge is -2.33. The first-order chi connectivity index (χ1) is 9.52. The van der Waals surface area contributed by atoms with E-state index in [2.05, 4.69) is 17.1 Å². The second-order valence-electron chi connectivity index (χ2n) is 5.44. The smallest absolute Gasteiger partial charge is 0.343 e. The molecule has 0 amide bonds. The third-order valence-corrected chi connectivity index (χ3v) is 5.41. The Balaban J connectivity index is 2.13. The average Bonchev–Trinajstić information content (AvgIpc) is 2.71. The molecule has 3 atom stereocenters. The maximum absolute atomic E-state index is 11.4. The van der Waals surface area contributed by atoms with Gasteiger partial charge in [0, 0.05) is 12.3 Å². The SMILES string of the molecule is CCCC1CCC(C(=O)O)C(Sc2n[nH]c(=O)n2C)C1. The van der Waals surface area contributed by atoms with Crippen molar-refractivity contribution >= 4 is 17.7 Å². The van der Waals surface area contributed by atoms with Crippen LogP contribution in [-0.4, -0.2) is 31.1 Å². The Hall–Kier alpha value is -1.24. The second-order valence-corrected chi connectivity index (χ2v) is 6.65. The van der Waals surface area contributed by atoms with Crippen LogP contribution in [0.25, 0.3) is 0 Å². The zero-order valence-corrected chi connectivity index (χ0v) is 12.7. The maximum atomic E-state index is 11.4. The number of aliphatic carboxylic acids is 1. The molecule has 1 aliphatic carbocycles. The Morgan fingerprint density at radius 3 is 2.85 bits per heavy atom. The number of carboxylic acids is 1. The van der Waals surface area contributed by atoms with E-state index in [-0.39, 0.29) is 16.9 Å². The van der Waals surface area contributed by atoms with Crippen LogP contribution in [0.3, 0.4) is 0 Å². The number of carbonyl (C=O) groups is 1. The van der Waals surface area contributed by atoms with Crippen LogP contribution in [0.5, 0.6) is 0 Å². The molecule has 1 aromatic rings. The van der Waals surface area contributed by atoms with E-state index in [1.165, 1.54) is 16.3 Å². The molecule has 1 aliphatic rings. The van der Waals surface area contributed by atoms with Crippen molar-refractivity contribution in [2.75, 3.05) is 0 Å². The number of carboxylic acid groups (broad SMARTS) is 1. The van der Waals surface area contributed by atoms with Gasteiger partial charge in [0.15, 0.2) is 5.16 Å². The number of thioether (sulfide) groups is 1. The van der Waals surface area contributed by atoms with E-state index in [9.17, 15) is 14.7 Å². The van der Waals surface area contributed by atoms with Gasteiger partial charge in [-0.2, -0.15) is 0 Å². The average molecular weight is 299 g/mol. The molecule has 6 nitrogen and oxygen atoms in total. The molecule has 112 valence electrons. The first kappa shape index (κ1) is 15.2. The van der Waals surface area contributed by atoms with Gasteiger partial charge in [-0.3, -0.25) is 9.36 Å². The lowest BCUT2D eigenvalue weighted by atomic mass is 9.80. The summed E-state index contributed by atoms with van der Waals surface area (Å²) in [5.41, 5.74) is -0.264. The topological polar surface area (TPSA) is 88.0 Å². The number of nitrogens with zero attached hydrogens (tertiary/aromatic N) is 2. The van der Waals surface area contributed by atoms with E-state index in [1.54, 1.807) is 7.05 Å². The number of aromatic amines is 1. The minimum absolute atomic E-state index is 0.00769. The zero-order chi connectivity index (χ0) is 14.7. The van der Waals surface area contributed by atoms with Crippen molar-refractivity contribution in [3.8, 4) is 0 Å². The van der Waals surface area contributed by atoms with Crippen molar-refractivity contribution in [3.05, 3.63) is 10.5 Å². The summed E-state index contributed by atoms with van der Waals surface area (Å²) in [6, 6.07) is 0. The first-order valence-corrected chi connectivity index (χ1v) is 7.91. The molecule has 7 heteroatoms. The van der Waals surface area contributed by atoms with E-state index < -0.39 is 5.97 Å². The molecule has 1 aromatic heterocycles. The summed E-state index contributed by atoms with van der Waals surface area (Å²) in [7, 11) is 1.65. The number of aromatic nitrogens is 3. The third-order valence-electron chi connectivity index (χ3n) is 4.01. The van der Waals surface area contributed by atoms with E-state index in [0.29, 0.717) is 11.1 Å². The molecular weight excluding hydrogens is 278 g/mol. The molecule has 2 rings (SSSR count). The lowest BCUT2D eigenvalue weighted by Crippen LogP contribution is -2.33. The van der Waals surface area contributed by atoms with E-state index in [4.69, 9.17) is 0 Å².